The molecule has 0 bridgehead atoms. The van der Waals surface area contributed by atoms with Crippen LogP contribution in [0.4, 0.5) is 13.2 Å². The lowest BCUT2D eigenvalue weighted by molar-refractivity contribution is -0.274. The van der Waals surface area contributed by atoms with E-state index < -0.39 is 6.36 Å². The molecule has 5 heteroatoms. The molecule has 0 atom stereocenters. The van der Waals surface area contributed by atoms with Crippen LogP contribution in [0.1, 0.15) is 75.7 Å². The van der Waals surface area contributed by atoms with Gasteiger partial charge >= 0.3 is 6.36 Å². The van der Waals surface area contributed by atoms with Gasteiger partial charge in [-0.1, -0.05) is 30.4 Å². The van der Waals surface area contributed by atoms with E-state index in [2.05, 4.69) is 16.9 Å². The smallest absolute Gasteiger partial charge is 0.406 e. The van der Waals surface area contributed by atoms with Crippen molar-refractivity contribution in [3.05, 3.63) is 54.1 Å². The summed E-state index contributed by atoms with van der Waals surface area (Å²) in [6.45, 7) is 0. The Kier molecular flexibility index (Phi) is 8.63. The minimum atomic E-state index is -4.64. The summed E-state index contributed by atoms with van der Waals surface area (Å²) >= 11 is 0. The van der Waals surface area contributed by atoms with Gasteiger partial charge < -0.3 is 4.74 Å². The highest BCUT2D eigenvalue weighted by Crippen LogP contribution is 2.38. The highest BCUT2D eigenvalue weighted by Gasteiger charge is 2.31. The SMILES string of the molecule is N#CC=CCC[C@H]1CC[C@H](/C=C/[C@H]2CC[C@H](c3ccc(OC(F)(F)F)cc3)CC2)CC1. The number of benzene rings is 1. The van der Waals surface area contributed by atoms with Crippen molar-refractivity contribution in [1.82, 2.24) is 0 Å². The normalized spacial score (nSPS) is 27.4. The van der Waals surface area contributed by atoms with Crippen LogP contribution in [0, 0.1) is 29.1 Å². The second kappa shape index (κ2) is 11.4. The number of rotatable bonds is 7. The van der Waals surface area contributed by atoms with Gasteiger partial charge in [0.1, 0.15) is 5.75 Å². The topological polar surface area (TPSA) is 33.0 Å². The number of alkyl halides is 3. The molecular weight excluding hydrogens is 399 g/mol. The standard InChI is InChI=1S/C26H32F3NO/c27-26(28,29)31-25-17-15-24(16-18-25)23-13-11-22(12-14-23)10-9-21-7-5-20(6-8-21)4-2-1-3-19-30/h1,3,9-10,15-18,20-23H,2,4-8,11-14H2/b3-1?,10-9+/t20-,21-,22-,23-. The van der Waals surface area contributed by atoms with Crippen LogP contribution in [-0.2, 0) is 0 Å². The van der Waals surface area contributed by atoms with Crippen LogP contribution in [0.25, 0.3) is 0 Å². The highest BCUT2D eigenvalue weighted by atomic mass is 19.4. The molecule has 1 aromatic rings. The maximum atomic E-state index is 12.3. The fourth-order valence-electron chi connectivity index (χ4n) is 5.04. The van der Waals surface area contributed by atoms with Gasteiger partial charge in [0.25, 0.3) is 0 Å². The molecule has 0 N–H and O–H groups in total. The van der Waals surface area contributed by atoms with E-state index in [4.69, 9.17) is 5.26 Å². The van der Waals surface area contributed by atoms with Crippen LogP contribution in [-0.4, -0.2) is 6.36 Å². The van der Waals surface area contributed by atoms with Gasteiger partial charge in [-0.05, 0) is 106 Å². The van der Waals surface area contributed by atoms with Gasteiger partial charge in [-0.25, -0.2) is 0 Å². The van der Waals surface area contributed by atoms with Crippen molar-refractivity contribution in [2.24, 2.45) is 17.8 Å². The van der Waals surface area contributed by atoms with Crippen molar-refractivity contribution in [1.29, 1.82) is 5.26 Å². The van der Waals surface area contributed by atoms with Crippen LogP contribution >= 0.6 is 0 Å². The molecule has 31 heavy (non-hydrogen) atoms. The largest absolute Gasteiger partial charge is 0.573 e. The summed E-state index contributed by atoms with van der Waals surface area (Å²) in [6.07, 6.45) is 15.6. The van der Waals surface area contributed by atoms with Crippen molar-refractivity contribution >= 4 is 0 Å². The first-order chi connectivity index (χ1) is 14.9. The van der Waals surface area contributed by atoms with Crippen LogP contribution < -0.4 is 4.74 Å². The number of allylic oxidation sites excluding steroid dienone is 4. The fraction of sp³-hybridized carbons (Fsp3) is 0.577. The predicted molar refractivity (Wildman–Crippen MR) is 116 cm³/mol. The molecule has 2 aliphatic carbocycles. The Morgan fingerprint density at radius 3 is 2.03 bits per heavy atom. The first-order valence-electron chi connectivity index (χ1n) is 11.5. The van der Waals surface area contributed by atoms with Gasteiger partial charge in [-0.3, -0.25) is 0 Å². The zero-order chi connectivity index (χ0) is 22.1. The average molecular weight is 432 g/mol. The molecule has 0 amide bonds. The van der Waals surface area contributed by atoms with E-state index in [1.54, 1.807) is 18.2 Å². The summed E-state index contributed by atoms with van der Waals surface area (Å²) in [4.78, 5) is 0. The minimum Gasteiger partial charge on any atom is -0.406 e. The fourth-order valence-corrected chi connectivity index (χ4v) is 5.04. The van der Waals surface area contributed by atoms with E-state index in [0.717, 1.165) is 43.6 Å². The Bertz CT molecular complexity index is 759. The first kappa shape index (κ1) is 23.4. The third-order valence-electron chi connectivity index (χ3n) is 6.84. The Morgan fingerprint density at radius 2 is 1.48 bits per heavy atom. The Balaban J connectivity index is 1.37. The van der Waals surface area contributed by atoms with E-state index in [1.807, 2.05) is 12.1 Å². The summed E-state index contributed by atoms with van der Waals surface area (Å²) in [6, 6.07) is 8.44. The van der Waals surface area contributed by atoms with Crippen molar-refractivity contribution in [3.63, 3.8) is 0 Å². The van der Waals surface area contributed by atoms with Crippen molar-refractivity contribution < 1.29 is 17.9 Å². The van der Waals surface area contributed by atoms with Crippen molar-refractivity contribution in [3.8, 4) is 11.8 Å². The number of hydrogen-bond donors (Lipinski definition) is 0. The van der Waals surface area contributed by atoms with Crippen LogP contribution in [0.15, 0.2) is 48.6 Å². The van der Waals surface area contributed by atoms with Gasteiger partial charge in [0.2, 0.25) is 0 Å². The third kappa shape index (κ3) is 8.09. The molecule has 0 saturated heterocycles. The van der Waals surface area contributed by atoms with Gasteiger partial charge in [-0.15, -0.1) is 13.2 Å². The van der Waals surface area contributed by atoms with Crippen molar-refractivity contribution in [2.45, 2.75) is 76.5 Å². The summed E-state index contributed by atoms with van der Waals surface area (Å²) in [5, 5.41) is 8.54. The molecular formula is C26H32F3NO. The van der Waals surface area contributed by atoms with E-state index in [-0.39, 0.29) is 5.75 Å². The molecule has 168 valence electrons. The molecule has 0 aromatic heterocycles. The first-order valence-corrected chi connectivity index (χ1v) is 11.5. The van der Waals surface area contributed by atoms with Crippen LogP contribution in [0.2, 0.25) is 0 Å². The molecule has 2 aliphatic rings. The van der Waals surface area contributed by atoms with Gasteiger partial charge in [0.05, 0.1) is 6.07 Å². The molecule has 2 nitrogen and oxygen atoms in total. The zero-order valence-corrected chi connectivity index (χ0v) is 18.0. The maximum absolute atomic E-state index is 12.3. The predicted octanol–water partition coefficient (Wildman–Crippen LogP) is 8.08. The third-order valence-corrected chi connectivity index (χ3v) is 6.84. The maximum Gasteiger partial charge on any atom is 0.573 e. The summed E-state index contributed by atoms with van der Waals surface area (Å²) in [5.41, 5.74) is 1.11. The van der Waals surface area contributed by atoms with E-state index >= 15 is 0 Å². The zero-order valence-electron chi connectivity index (χ0n) is 18.0. The summed E-state index contributed by atoms with van der Waals surface area (Å²) in [7, 11) is 0. The molecule has 0 aliphatic heterocycles. The molecule has 1 aromatic carbocycles. The van der Waals surface area contributed by atoms with Crippen LogP contribution in [0.5, 0.6) is 5.75 Å². The second-order valence-corrected chi connectivity index (χ2v) is 9.00. The van der Waals surface area contributed by atoms with Gasteiger partial charge in [-0.2, -0.15) is 5.26 Å². The Morgan fingerprint density at radius 1 is 0.903 bits per heavy atom. The lowest BCUT2D eigenvalue weighted by Crippen LogP contribution is -2.17. The molecule has 0 radical (unpaired) electrons. The molecule has 2 fully saturated rings. The van der Waals surface area contributed by atoms with Crippen molar-refractivity contribution in [2.75, 3.05) is 0 Å². The molecule has 2 saturated carbocycles. The lowest BCUT2D eigenvalue weighted by atomic mass is 9.77. The van der Waals surface area contributed by atoms with E-state index in [9.17, 15) is 13.2 Å². The number of hydrogen-bond acceptors (Lipinski definition) is 2. The minimum absolute atomic E-state index is 0.152. The van der Waals surface area contributed by atoms with Gasteiger partial charge in [0, 0.05) is 6.08 Å². The monoisotopic (exact) mass is 431 g/mol. The quantitative estimate of drug-likeness (QED) is 0.323. The molecule has 0 spiro atoms. The number of halogens is 3. The number of ether oxygens (including phenoxy) is 1. The Hall–Kier alpha value is -2.22. The summed E-state index contributed by atoms with van der Waals surface area (Å²) in [5.74, 6) is 2.40. The molecule has 3 rings (SSSR count). The number of nitrogens with zero attached hydrogens (tertiary/aromatic N) is 1. The Labute approximate surface area is 183 Å². The highest BCUT2D eigenvalue weighted by molar-refractivity contribution is 5.30. The molecule has 0 unspecified atom stereocenters. The second-order valence-electron chi connectivity index (χ2n) is 9.00. The number of nitriles is 1. The summed E-state index contributed by atoms with van der Waals surface area (Å²) < 4.78 is 40.9. The average Bonchev–Trinajstić information content (AvgIpc) is 2.76. The lowest BCUT2D eigenvalue weighted by Gasteiger charge is -2.29. The van der Waals surface area contributed by atoms with Crippen LogP contribution in [0.3, 0.4) is 0 Å². The van der Waals surface area contributed by atoms with Gasteiger partial charge in [0.15, 0.2) is 0 Å². The molecule has 0 heterocycles. The van der Waals surface area contributed by atoms with E-state index in [1.165, 1.54) is 44.2 Å². The van der Waals surface area contributed by atoms with E-state index in [0.29, 0.717) is 17.8 Å².